The molecule has 1 saturated carbocycles. The van der Waals surface area contributed by atoms with Gasteiger partial charge in [-0.25, -0.2) is 4.79 Å². The summed E-state index contributed by atoms with van der Waals surface area (Å²) >= 11 is 0. The van der Waals surface area contributed by atoms with Crippen LogP contribution in [0.4, 0.5) is 0 Å². The Balaban J connectivity index is 1.49. The molecule has 3 rings (SSSR count). The molecule has 0 saturated heterocycles. The van der Waals surface area contributed by atoms with Gasteiger partial charge in [-0.05, 0) is 31.2 Å². The first-order chi connectivity index (χ1) is 13.4. The van der Waals surface area contributed by atoms with E-state index in [0.717, 1.165) is 5.56 Å². The highest BCUT2D eigenvalue weighted by Crippen LogP contribution is 2.19. The second-order valence-corrected chi connectivity index (χ2v) is 6.88. The fourth-order valence-electron chi connectivity index (χ4n) is 3.34. The van der Waals surface area contributed by atoms with Gasteiger partial charge >= 0.3 is 5.69 Å². The summed E-state index contributed by atoms with van der Waals surface area (Å²) in [7, 11) is 0. The molecule has 28 heavy (non-hydrogen) atoms. The van der Waals surface area contributed by atoms with Gasteiger partial charge in [-0.2, -0.15) is 0 Å². The summed E-state index contributed by atoms with van der Waals surface area (Å²) < 4.78 is 0. The molecule has 1 fully saturated rings. The minimum Gasteiger partial charge on any atom is -0.501 e. The van der Waals surface area contributed by atoms with Gasteiger partial charge in [-0.1, -0.05) is 30.3 Å². The van der Waals surface area contributed by atoms with Gasteiger partial charge < -0.3 is 15.7 Å². The molecule has 1 heterocycles. The molecule has 0 aliphatic heterocycles. The molecule has 0 radical (unpaired) electrons. The van der Waals surface area contributed by atoms with E-state index in [1.54, 1.807) is 0 Å². The van der Waals surface area contributed by atoms with Crippen molar-refractivity contribution in [2.45, 2.75) is 44.2 Å². The van der Waals surface area contributed by atoms with Crippen molar-refractivity contribution in [2.24, 2.45) is 0 Å². The zero-order valence-corrected chi connectivity index (χ0v) is 15.2. The van der Waals surface area contributed by atoms with Crippen molar-refractivity contribution in [2.75, 3.05) is 0 Å². The molecule has 1 aliphatic carbocycles. The van der Waals surface area contributed by atoms with Crippen LogP contribution in [0.5, 0.6) is 5.75 Å². The largest absolute Gasteiger partial charge is 0.501 e. The second-order valence-electron chi connectivity index (χ2n) is 6.88. The van der Waals surface area contributed by atoms with E-state index in [4.69, 9.17) is 0 Å². The van der Waals surface area contributed by atoms with Crippen molar-refractivity contribution < 1.29 is 14.7 Å². The molecule has 2 aromatic rings. The molecule has 148 valence electrons. The van der Waals surface area contributed by atoms with E-state index in [1.165, 1.54) is 0 Å². The van der Waals surface area contributed by atoms with Crippen LogP contribution in [0.2, 0.25) is 0 Å². The van der Waals surface area contributed by atoms with Crippen LogP contribution < -0.4 is 21.9 Å². The van der Waals surface area contributed by atoms with Crippen molar-refractivity contribution in [3.8, 4) is 5.75 Å². The van der Waals surface area contributed by atoms with Crippen LogP contribution in [0.3, 0.4) is 0 Å². The monoisotopic (exact) mass is 386 g/mol. The Labute approximate surface area is 160 Å². The summed E-state index contributed by atoms with van der Waals surface area (Å²) in [6.07, 6.45) is 2.99. The smallest absolute Gasteiger partial charge is 0.326 e. The Bertz CT molecular complexity index is 958. The van der Waals surface area contributed by atoms with Gasteiger partial charge in [-0.15, -0.1) is 0 Å². The quantitative estimate of drug-likeness (QED) is 0.497. The Morgan fingerprint density at radius 3 is 2.21 bits per heavy atom. The molecule has 0 unspecified atom stereocenters. The van der Waals surface area contributed by atoms with E-state index in [0.29, 0.717) is 32.1 Å². The maximum absolute atomic E-state index is 12.2. The Morgan fingerprint density at radius 2 is 1.57 bits per heavy atom. The van der Waals surface area contributed by atoms with E-state index in [-0.39, 0.29) is 18.0 Å². The van der Waals surface area contributed by atoms with Crippen LogP contribution in [0, 0.1) is 0 Å². The van der Waals surface area contributed by atoms with Gasteiger partial charge in [0.05, 0.1) is 6.42 Å². The summed E-state index contributed by atoms with van der Waals surface area (Å²) in [5.41, 5.74) is -1.38. The number of aromatic nitrogens is 2. The highest BCUT2D eigenvalue weighted by molar-refractivity contribution is 5.94. The Kier molecular flexibility index (Phi) is 5.93. The van der Waals surface area contributed by atoms with E-state index in [9.17, 15) is 24.3 Å². The number of benzene rings is 1. The van der Waals surface area contributed by atoms with Crippen LogP contribution in [0.1, 0.15) is 41.7 Å². The van der Waals surface area contributed by atoms with Crippen molar-refractivity contribution >= 4 is 11.8 Å². The highest BCUT2D eigenvalue weighted by atomic mass is 16.3. The predicted molar refractivity (Wildman–Crippen MR) is 101 cm³/mol. The Morgan fingerprint density at radius 1 is 0.964 bits per heavy atom. The molecule has 0 atom stereocenters. The third-order valence-electron chi connectivity index (χ3n) is 4.78. The average molecular weight is 386 g/mol. The van der Waals surface area contributed by atoms with Gasteiger partial charge in [0, 0.05) is 12.1 Å². The first-order valence-corrected chi connectivity index (χ1v) is 9.12. The Hall–Kier alpha value is -3.36. The van der Waals surface area contributed by atoms with Gasteiger partial charge in [0.25, 0.3) is 11.5 Å². The summed E-state index contributed by atoms with van der Waals surface area (Å²) in [6.45, 7) is 0. The van der Waals surface area contributed by atoms with Gasteiger partial charge in [0.15, 0.2) is 5.69 Å². The molecule has 9 heteroatoms. The number of nitrogens with one attached hydrogen (secondary N) is 4. The third kappa shape index (κ3) is 4.87. The lowest BCUT2D eigenvalue weighted by Crippen LogP contribution is -2.44. The number of carbonyl (C=O) groups excluding carboxylic acids is 2. The first kappa shape index (κ1) is 19.4. The molecular formula is C19H22N4O5. The van der Waals surface area contributed by atoms with Gasteiger partial charge in [0.2, 0.25) is 11.7 Å². The van der Waals surface area contributed by atoms with E-state index >= 15 is 0 Å². The summed E-state index contributed by atoms with van der Waals surface area (Å²) in [6, 6.07) is 9.36. The van der Waals surface area contributed by atoms with Crippen LogP contribution in [-0.4, -0.2) is 39.0 Å². The molecule has 1 aromatic heterocycles. The minimum absolute atomic E-state index is 0.0373. The number of H-pyrrole nitrogens is 2. The second kappa shape index (κ2) is 8.55. The topological polar surface area (TPSA) is 144 Å². The number of hydrogen-bond acceptors (Lipinski definition) is 5. The van der Waals surface area contributed by atoms with Crippen molar-refractivity contribution in [3.05, 3.63) is 62.4 Å². The lowest BCUT2D eigenvalue weighted by molar-refractivity contribution is -0.121. The summed E-state index contributed by atoms with van der Waals surface area (Å²) in [5, 5.41) is 15.4. The fourth-order valence-corrected chi connectivity index (χ4v) is 3.34. The molecule has 9 nitrogen and oxygen atoms in total. The van der Waals surface area contributed by atoms with Crippen LogP contribution in [-0.2, 0) is 11.2 Å². The van der Waals surface area contributed by atoms with E-state index in [1.807, 2.05) is 35.3 Å². The molecule has 1 aliphatic rings. The maximum atomic E-state index is 12.2. The summed E-state index contributed by atoms with van der Waals surface area (Å²) in [4.78, 5) is 51.0. The molecule has 0 bridgehead atoms. The van der Waals surface area contributed by atoms with E-state index in [2.05, 4.69) is 15.6 Å². The lowest BCUT2D eigenvalue weighted by atomic mass is 9.91. The van der Waals surface area contributed by atoms with Gasteiger partial charge in [-0.3, -0.25) is 24.4 Å². The molecule has 0 spiro atoms. The average Bonchev–Trinajstić information content (AvgIpc) is 2.67. The molecular weight excluding hydrogens is 364 g/mol. The predicted octanol–water partition coefficient (Wildman–Crippen LogP) is 0.169. The van der Waals surface area contributed by atoms with Crippen LogP contribution in [0.25, 0.3) is 0 Å². The SMILES string of the molecule is O=C(Cc1ccccc1)NC1CCC(NC(=O)c2[nH]c(=O)[nH]c(=O)c2O)CC1. The molecule has 5 N–H and O–H groups in total. The zero-order chi connectivity index (χ0) is 20.1. The number of carbonyl (C=O) groups is 2. The first-order valence-electron chi connectivity index (χ1n) is 9.12. The van der Waals surface area contributed by atoms with Crippen LogP contribution in [0.15, 0.2) is 39.9 Å². The molecule has 1 aromatic carbocycles. The zero-order valence-electron chi connectivity index (χ0n) is 15.2. The van der Waals surface area contributed by atoms with Gasteiger partial charge in [0.1, 0.15) is 0 Å². The number of hydrogen-bond donors (Lipinski definition) is 5. The standard InChI is InChI=1S/C19H22N4O5/c24-14(10-11-4-2-1-3-5-11)20-12-6-8-13(9-7-12)21-17(26)15-16(25)18(27)23-19(28)22-15/h1-5,12-13,25H,6-10H2,(H,20,24)(H,21,26)(H2,22,23,27,28). The van der Waals surface area contributed by atoms with Crippen molar-refractivity contribution in [3.63, 3.8) is 0 Å². The lowest BCUT2D eigenvalue weighted by Gasteiger charge is -2.29. The normalized spacial score (nSPS) is 19.0. The van der Waals surface area contributed by atoms with Crippen molar-refractivity contribution in [1.29, 1.82) is 0 Å². The number of amides is 2. The maximum Gasteiger partial charge on any atom is 0.326 e. The highest BCUT2D eigenvalue weighted by Gasteiger charge is 2.25. The third-order valence-corrected chi connectivity index (χ3v) is 4.78. The fraction of sp³-hybridized carbons (Fsp3) is 0.368. The number of rotatable bonds is 5. The minimum atomic E-state index is -1.02. The van der Waals surface area contributed by atoms with E-state index < -0.39 is 28.6 Å². The summed E-state index contributed by atoms with van der Waals surface area (Å²) in [5.74, 6) is -1.57. The van der Waals surface area contributed by atoms with Crippen LogP contribution >= 0.6 is 0 Å². The molecule has 2 amide bonds. The van der Waals surface area contributed by atoms with Crippen molar-refractivity contribution in [1.82, 2.24) is 20.6 Å². The number of aromatic amines is 2. The number of aromatic hydroxyl groups is 1.